The van der Waals surface area contributed by atoms with E-state index in [0.717, 1.165) is 24.8 Å². The van der Waals surface area contributed by atoms with Gasteiger partial charge in [-0.15, -0.1) is 0 Å². The highest BCUT2D eigenvalue weighted by Gasteiger charge is 2.52. The van der Waals surface area contributed by atoms with E-state index in [-0.39, 0.29) is 24.3 Å². The summed E-state index contributed by atoms with van der Waals surface area (Å²) in [7, 11) is 1.55. The molecular weight excluding hydrogens is 487 g/mol. The molecule has 9 heteroatoms. The Balaban J connectivity index is 1.44. The molecule has 4 rings (SSSR count). The molecule has 0 aromatic heterocycles. The summed E-state index contributed by atoms with van der Waals surface area (Å²) >= 11 is 0. The Labute approximate surface area is 222 Å². The first-order valence-corrected chi connectivity index (χ1v) is 12.8. The molecule has 1 saturated carbocycles. The second kappa shape index (κ2) is 10.8. The van der Waals surface area contributed by atoms with Crippen LogP contribution < -0.4 is 10.6 Å². The monoisotopic (exact) mass is 520 g/mol. The molecule has 8 nitrogen and oxygen atoms in total. The summed E-state index contributed by atoms with van der Waals surface area (Å²) in [5.41, 5.74) is 1.47. The highest BCUT2D eigenvalue weighted by Crippen LogP contribution is 2.43. The van der Waals surface area contributed by atoms with Gasteiger partial charge >= 0.3 is 6.09 Å². The molecule has 4 atom stereocenters. The van der Waals surface area contributed by atoms with Crippen molar-refractivity contribution in [2.45, 2.75) is 70.2 Å². The van der Waals surface area contributed by atoms with Crippen molar-refractivity contribution >= 4 is 17.9 Å². The van der Waals surface area contributed by atoms with Crippen LogP contribution in [0.15, 0.2) is 42.5 Å². The van der Waals surface area contributed by atoms with Gasteiger partial charge in [0.05, 0.1) is 6.07 Å². The maximum Gasteiger partial charge on any atom is 0.411 e. The number of nitrogens with one attached hydrogen (secondary N) is 2. The van der Waals surface area contributed by atoms with Crippen molar-refractivity contribution in [3.8, 4) is 17.2 Å². The van der Waals surface area contributed by atoms with Gasteiger partial charge in [-0.3, -0.25) is 14.5 Å². The number of nitriles is 1. The van der Waals surface area contributed by atoms with Gasteiger partial charge in [-0.05, 0) is 80.8 Å². The van der Waals surface area contributed by atoms with Crippen molar-refractivity contribution in [3.63, 3.8) is 0 Å². The van der Waals surface area contributed by atoms with Gasteiger partial charge in [0.1, 0.15) is 23.5 Å². The third kappa shape index (κ3) is 5.80. The van der Waals surface area contributed by atoms with Crippen molar-refractivity contribution in [1.82, 2.24) is 15.5 Å². The maximum absolute atomic E-state index is 15.0. The second-order valence-electron chi connectivity index (χ2n) is 10.9. The average Bonchev–Trinajstić information content (AvgIpc) is 3.50. The Morgan fingerprint density at radius 2 is 1.82 bits per heavy atom. The van der Waals surface area contributed by atoms with Crippen LogP contribution in [0.2, 0.25) is 0 Å². The zero-order valence-electron chi connectivity index (χ0n) is 22.1. The van der Waals surface area contributed by atoms with Crippen LogP contribution in [-0.4, -0.2) is 53.6 Å². The van der Waals surface area contributed by atoms with Crippen molar-refractivity contribution < 1.29 is 23.5 Å². The standard InChI is InChI=1S/C29H33FN4O4/c1-29(2,3)38-28(37)34-23-12-11-21(14-23)25(34)27(36)33-22(16-31)13-20-10-9-19(15-24(20)30)17-5-7-18(8-6-17)26(35)32-4/h5-10,15,21-23,25H,11-14H2,1-4H3,(H,32,35)(H,33,36). The third-order valence-electron chi connectivity index (χ3n) is 7.11. The van der Waals surface area contributed by atoms with Gasteiger partial charge in [-0.1, -0.05) is 24.3 Å². The molecule has 0 radical (unpaired) electrons. The molecule has 1 aliphatic carbocycles. The number of hydrogen-bond donors (Lipinski definition) is 2. The molecule has 38 heavy (non-hydrogen) atoms. The van der Waals surface area contributed by atoms with Gasteiger partial charge in [0.15, 0.2) is 0 Å². The molecule has 2 N–H and O–H groups in total. The highest BCUT2D eigenvalue weighted by molar-refractivity contribution is 5.94. The molecule has 1 aliphatic heterocycles. The maximum atomic E-state index is 15.0. The number of carbonyl (C=O) groups excluding carboxylic acids is 3. The van der Waals surface area contributed by atoms with E-state index in [1.165, 1.54) is 11.0 Å². The van der Waals surface area contributed by atoms with Crippen molar-refractivity contribution in [1.29, 1.82) is 5.26 Å². The first-order chi connectivity index (χ1) is 18.0. The number of ether oxygens (including phenoxy) is 1. The fourth-order valence-corrected chi connectivity index (χ4v) is 5.36. The fraction of sp³-hybridized carbons (Fsp3) is 0.448. The summed E-state index contributed by atoms with van der Waals surface area (Å²) in [6.45, 7) is 5.33. The molecule has 3 amide bonds. The highest BCUT2D eigenvalue weighted by atomic mass is 19.1. The number of benzene rings is 2. The lowest BCUT2D eigenvalue weighted by Crippen LogP contribution is -2.55. The first-order valence-electron chi connectivity index (χ1n) is 12.8. The van der Waals surface area contributed by atoms with E-state index in [0.29, 0.717) is 16.7 Å². The Bertz CT molecular complexity index is 1260. The third-order valence-corrected chi connectivity index (χ3v) is 7.11. The predicted molar refractivity (Wildman–Crippen MR) is 139 cm³/mol. The van der Waals surface area contributed by atoms with E-state index in [1.54, 1.807) is 64.2 Å². The van der Waals surface area contributed by atoms with E-state index in [4.69, 9.17) is 4.74 Å². The summed E-state index contributed by atoms with van der Waals surface area (Å²) in [6.07, 6.45) is 1.84. The van der Waals surface area contributed by atoms with Gasteiger partial charge in [0, 0.05) is 25.1 Å². The number of halogens is 1. The molecule has 4 unspecified atom stereocenters. The van der Waals surface area contributed by atoms with Crippen molar-refractivity contribution in [2.24, 2.45) is 5.92 Å². The van der Waals surface area contributed by atoms with E-state index < -0.39 is 35.5 Å². The lowest BCUT2D eigenvalue weighted by atomic mass is 9.96. The number of rotatable bonds is 6. The Morgan fingerprint density at radius 1 is 1.13 bits per heavy atom. The van der Waals surface area contributed by atoms with Crippen LogP contribution >= 0.6 is 0 Å². The first kappa shape index (κ1) is 27.1. The lowest BCUT2D eigenvalue weighted by molar-refractivity contribution is -0.128. The zero-order valence-corrected chi connectivity index (χ0v) is 22.1. The number of fused-ring (bicyclic) bond motifs is 2. The van der Waals surface area contributed by atoms with Crippen LogP contribution in [0, 0.1) is 23.1 Å². The van der Waals surface area contributed by atoms with Crippen LogP contribution in [-0.2, 0) is 16.0 Å². The summed E-state index contributed by atoms with van der Waals surface area (Å²) < 4.78 is 20.6. The second-order valence-corrected chi connectivity index (χ2v) is 10.9. The molecule has 2 aliphatic rings. The fourth-order valence-electron chi connectivity index (χ4n) is 5.36. The van der Waals surface area contributed by atoms with Crippen LogP contribution in [0.25, 0.3) is 11.1 Å². The van der Waals surface area contributed by atoms with E-state index >= 15 is 4.39 Å². The largest absolute Gasteiger partial charge is 0.444 e. The van der Waals surface area contributed by atoms with Crippen LogP contribution in [0.5, 0.6) is 0 Å². The smallest absolute Gasteiger partial charge is 0.411 e. The van der Waals surface area contributed by atoms with E-state index in [9.17, 15) is 19.6 Å². The topological polar surface area (TPSA) is 112 Å². The van der Waals surface area contributed by atoms with Crippen LogP contribution in [0.1, 0.15) is 56.0 Å². The minimum absolute atomic E-state index is 0.0117. The zero-order chi connectivity index (χ0) is 27.6. The van der Waals surface area contributed by atoms with Crippen LogP contribution in [0.4, 0.5) is 9.18 Å². The molecular formula is C29H33FN4O4. The summed E-state index contributed by atoms with van der Waals surface area (Å²) in [4.78, 5) is 39.4. The Morgan fingerprint density at radius 3 is 2.42 bits per heavy atom. The predicted octanol–water partition coefficient (Wildman–Crippen LogP) is 4.19. The normalized spacial score (nSPS) is 20.9. The average molecular weight is 521 g/mol. The molecule has 1 saturated heterocycles. The molecule has 1 heterocycles. The number of likely N-dealkylation sites (tertiary alicyclic amines) is 1. The number of hydrogen-bond acceptors (Lipinski definition) is 5. The van der Waals surface area contributed by atoms with E-state index in [1.807, 2.05) is 0 Å². The number of amides is 3. The molecule has 2 aromatic carbocycles. The summed E-state index contributed by atoms with van der Waals surface area (Å²) in [5, 5.41) is 15.0. The molecule has 2 bridgehead atoms. The van der Waals surface area contributed by atoms with Gasteiger partial charge in [0.25, 0.3) is 5.91 Å². The Hall–Kier alpha value is -3.93. The minimum atomic E-state index is -0.964. The van der Waals surface area contributed by atoms with Crippen LogP contribution in [0.3, 0.4) is 0 Å². The van der Waals surface area contributed by atoms with Crippen molar-refractivity contribution in [2.75, 3.05) is 7.05 Å². The summed E-state index contributed by atoms with van der Waals surface area (Å²) in [6, 6.07) is 11.9. The Kier molecular flexibility index (Phi) is 7.72. The van der Waals surface area contributed by atoms with Gasteiger partial charge in [0.2, 0.25) is 5.91 Å². The van der Waals surface area contributed by atoms with Gasteiger partial charge in [-0.25, -0.2) is 9.18 Å². The summed E-state index contributed by atoms with van der Waals surface area (Å²) in [5.74, 6) is -1.11. The molecule has 2 fully saturated rings. The number of nitrogens with zero attached hydrogens (tertiary/aromatic N) is 2. The molecule has 0 spiro atoms. The minimum Gasteiger partial charge on any atom is -0.444 e. The van der Waals surface area contributed by atoms with Crippen molar-refractivity contribution in [3.05, 3.63) is 59.4 Å². The number of carbonyl (C=O) groups is 3. The number of piperidine rings is 1. The molecule has 2 aromatic rings. The van der Waals surface area contributed by atoms with Gasteiger partial charge < -0.3 is 15.4 Å². The SMILES string of the molecule is CNC(=O)c1ccc(-c2ccc(CC(C#N)NC(=O)C3C4CCC(C4)N3C(=O)OC(C)(C)C)c(F)c2)cc1. The molecule has 200 valence electrons. The van der Waals surface area contributed by atoms with E-state index in [2.05, 4.69) is 16.7 Å². The van der Waals surface area contributed by atoms with Gasteiger partial charge in [-0.2, -0.15) is 5.26 Å². The lowest BCUT2D eigenvalue weighted by Gasteiger charge is -2.35. The quantitative estimate of drug-likeness (QED) is 0.593.